The zero-order valence-corrected chi connectivity index (χ0v) is 12.1. The van der Waals surface area contributed by atoms with Gasteiger partial charge in [-0.3, -0.25) is 4.79 Å². The van der Waals surface area contributed by atoms with Gasteiger partial charge < -0.3 is 19.9 Å². The number of anilines is 1. The van der Waals surface area contributed by atoms with Gasteiger partial charge in [0.2, 0.25) is 0 Å². The van der Waals surface area contributed by atoms with Crippen molar-refractivity contribution in [2.24, 2.45) is 0 Å². The highest BCUT2D eigenvalue weighted by molar-refractivity contribution is 9.10. The molecule has 0 aromatic carbocycles. The van der Waals surface area contributed by atoms with Gasteiger partial charge in [0, 0.05) is 19.6 Å². The summed E-state index contributed by atoms with van der Waals surface area (Å²) in [4.78, 5) is 31.9. The summed E-state index contributed by atoms with van der Waals surface area (Å²) in [5, 5.41) is 3.14. The molecule has 2 N–H and O–H groups in total. The predicted molar refractivity (Wildman–Crippen MR) is 73.2 cm³/mol. The summed E-state index contributed by atoms with van der Waals surface area (Å²) >= 11 is 3.21. The summed E-state index contributed by atoms with van der Waals surface area (Å²) in [6.07, 6.45) is 1.33. The summed E-state index contributed by atoms with van der Waals surface area (Å²) in [5.41, 5.74) is -0.272. The van der Waals surface area contributed by atoms with Crippen molar-refractivity contribution in [3.05, 3.63) is 21.2 Å². The van der Waals surface area contributed by atoms with Crippen molar-refractivity contribution in [2.45, 2.75) is 13.0 Å². The van der Waals surface area contributed by atoms with E-state index in [-0.39, 0.29) is 11.5 Å². The minimum absolute atomic E-state index is 0.272. The molecule has 104 valence electrons. The number of nitrogens with one attached hydrogen (secondary N) is 2. The smallest absolute Gasteiger partial charge is 0.330 e. The Balaban J connectivity index is 2.31. The third kappa shape index (κ3) is 2.95. The number of H-pyrrole nitrogens is 1. The van der Waals surface area contributed by atoms with Gasteiger partial charge in [0.25, 0.3) is 5.56 Å². The van der Waals surface area contributed by atoms with E-state index in [0.717, 1.165) is 6.54 Å². The first-order chi connectivity index (χ1) is 9.15. The molecule has 1 saturated heterocycles. The Bertz CT molecular complexity index is 519. The van der Waals surface area contributed by atoms with Crippen LogP contribution in [-0.4, -0.2) is 48.2 Å². The van der Waals surface area contributed by atoms with Crippen molar-refractivity contribution >= 4 is 27.7 Å². The number of rotatable bonds is 3. The van der Waals surface area contributed by atoms with Crippen LogP contribution in [0, 0.1) is 0 Å². The lowest BCUT2D eigenvalue weighted by atomic mass is 10.2. The van der Waals surface area contributed by atoms with Crippen LogP contribution in [0.15, 0.2) is 15.6 Å². The van der Waals surface area contributed by atoms with Crippen molar-refractivity contribution in [2.75, 3.05) is 31.1 Å². The Morgan fingerprint density at radius 1 is 1.68 bits per heavy atom. The number of carbonyl (C=O) groups is 1. The third-order valence-corrected chi connectivity index (χ3v) is 3.57. The Morgan fingerprint density at radius 2 is 2.47 bits per heavy atom. The van der Waals surface area contributed by atoms with E-state index in [1.807, 2.05) is 0 Å². The van der Waals surface area contributed by atoms with E-state index in [1.54, 1.807) is 11.8 Å². The fraction of sp³-hybridized carbons (Fsp3) is 0.545. The van der Waals surface area contributed by atoms with Crippen molar-refractivity contribution < 1.29 is 9.53 Å². The molecular formula is C11H15BrN4O3. The van der Waals surface area contributed by atoms with Crippen LogP contribution >= 0.6 is 15.9 Å². The van der Waals surface area contributed by atoms with Gasteiger partial charge in [0.1, 0.15) is 10.5 Å². The Morgan fingerprint density at radius 3 is 3.21 bits per heavy atom. The highest BCUT2D eigenvalue weighted by atomic mass is 79.9. The van der Waals surface area contributed by atoms with E-state index in [0.29, 0.717) is 30.0 Å². The first kappa shape index (κ1) is 14.0. The normalized spacial score (nSPS) is 19.3. The van der Waals surface area contributed by atoms with Gasteiger partial charge in [-0.05, 0) is 22.9 Å². The van der Waals surface area contributed by atoms with Crippen molar-refractivity contribution in [3.63, 3.8) is 0 Å². The monoisotopic (exact) mass is 330 g/mol. The van der Waals surface area contributed by atoms with Gasteiger partial charge in [-0.2, -0.15) is 0 Å². The van der Waals surface area contributed by atoms with E-state index in [9.17, 15) is 9.59 Å². The fourth-order valence-electron chi connectivity index (χ4n) is 1.98. The van der Waals surface area contributed by atoms with Gasteiger partial charge in [-0.15, -0.1) is 0 Å². The summed E-state index contributed by atoms with van der Waals surface area (Å²) in [6.45, 7) is 3.86. The number of aromatic amines is 1. The van der Waals surface area contributed by atoms with Crippen molar-refractivity contribution in [1.29, 1.82) is 0 Å². The highest BCUT2D eigenvalue weighted by Crippen LogP contribution is 2.22. The minimum Gasteiger partial charge on any atom is -0.464 e. The maximum Gasteiger partial charge on any atom is 0.330 e. The van der Waals surface area contributed by atoms with Crippen LogP contribution in [0.5, 0.6) is 0 Å². The standard InChI is InChI=1S/C11H15BrN4O3/c1-2-19-11(18)7-5-13-3-4-16(7)9-8(12)10(17)15-6-14-9/h6-7,13H,2-5H2,1H3,(H,14,15,17). The van der Waals surface area contributed by atoms with E-state index >= 15 is 0 Å². The van der Waals surface area contributed by atoms with Crippen LogP contribution in [-0.2, 0) is 9.53 Å². The third-order valence-electron chi connectivity index (χ3n) is 2.85. The van der Waals surface area contributed by atoms with E-state index in [2.05, 4.69) is 31.2 Å². The van der Waals surface area contributed by atoms with Gasteiger partial charge >= 0.3 is 5.97 Å². The van der Waals surface area contributed by atoms with Gasteiger partial charge in [-0.1, -0.05) is 0 Å². The average Bonchev–Trinajstić information content (AvgIpc) is 2.42. The predicted octanol–water partition coefficient (Wildman–Crippen LogP) is -0.126. The second kappa shape index (κ2) is 6.16. The molecule has 1 aliphatic heterocycles. The van der Waals surface area contributed by atoms with Crippen molar-refractivity contribution in [1.82, 2.24) is 15.3 Å². The molecule has 0 saturated carbocycles. The number of aromatic nitrogens is 2. The number of esters is 1. The molecule has 1 fully saturated rings. The topological polar surface area (TPSA) is 87.3 Å². The fourth-order valence-corrected chi connectivity index (χ4v) is 2.43. The molecule has 0 amide bonds. The lowest BCUT2D eigenvalue weighted by Crippen LogP contribution is -2.56. The molecule has 2 rings (SSSR count). The number of ether oxygens (including phenoxy) is 1. The summed E-state index contributed by atoms with van der Waals surface area (Å²) in [6, 6.07) is -0.473. The maximum absolute atomic E-state index is 11.9. The van der Waals surface area contributed by atoms with Gasteiger partial charge in [0.05, 0.1) is 12.9 Å². The molecule has 1 unspecified atom stereocenters. The Hall–Kier alpha value is -1.41. The second-order valence-electron chi connectivity index (χ2n) is 4.03. The average molecular weight is 331 g/mol. The number of carbonyl (C=O) groups excluding carboxylic acids is 1. The molecule has 0 bridgehead atoms. The zero-order valence-electron chi connectivity index (χ0n) is 10.5. The molecule has 8 heteroatoms. The molecule has 1 aliphatic rings. The molecule has 1 atom stereocenters. The van der Waals surface area contributed by atoms with Crippen LogP contribution in [0.3, 0.4) is 0 Å². The first-order valence-corrected chi connectivity index (χ1v) is 6.81. The summed E-state index contributed by atoms with van der Waals surface area (Å²) in [5.74, 6) is 0.145. The lowest BCUT2D eigenvalue weighted by Gasteiger charge is -2.35. The quantitative estimate of drug-likeness (QED) is 0.751. The van der Waals surface area contributed by atoms with E-state index in [4.69, 9.17) is 4.74 Å². The van der Waals surface area contributed by atoms with Crippen LogP contribution in [0.4, 0.5) is 5.82 Å². The molecule has 0 spiro atoms. The molecule has 0 radical (unpaired) electrons. The number of hydrogen-bond donors (Lipinski definition) is 2. The maximum atomic E-state index is 11.9. The summed E-state index contributed by atoms with van der Waals surface area (Å²) < 4.78 is 5.38. The SMILES string of the molecule is CCOC(=O)C1CNCCN1c1nc[nH]c(=O)c1Br. The largest absolute Gasteiger partial charge is 0.464 e. The molecule has 0 aliphatic carbocycles. The molecule has 19 heavy (non-hydrogen) atoms. The Kier molecular flexibility index (Phi) is 4.54. The number of piperazine rings is 1. The lowest BCUT2D eigenvalue weighted by molar-refractivity contribution is -0.144. The van der Waals surface area contributed by atoms with Crippen LogP contribution in [0.2, 0.25) is 0 Å². The van der Waals surface area contributed by atoms with Gasteiger partial charge in [-0.25, -0.2) is 9.78 Å². The molecule has 1 aromatic rings. The van der Waals surface area contributed by atoms with Gasteiger partial charge in [0.15, 0.2) is 5.82 Å². The van der Waals surface area contributed by atoms with Crippen molar-refractivity contribution in [3.8, 4) is 0 Å². The first-order valence-electron chi connectivity index (χ1n) is 6.02. The zero-order chi connectivity index (χ0) is 13.8. The van der Waals surface area contributed by atoms with Crippen LogP contribution < -0.4 is 15.8 Å². The number of nitrogens with zero attached hydrogens (tertiary/aromatic N) is 2. The van der Waals surface area contributed by atoms with Crippen LogP contribution in [0.25, 0.3) is 0 Å². The Labute approximate surface area is 118 Å². The number of halogens is 1. The molecular weight excluding hydrogens is 316 g/mol. The summed E-state index contributed by atoms with van der Waals surface area (Å²) in [7, 11) is 0. The number of hydrogen-bond acceptors (Lipinski definition) is 6. The van der Waals surface area contributed by atoms with E-state index < -0.39 is 6.04 Å². The molecule has 1 aromatic heterocycles. The second-order valence-corrected chi connectivity index (χ2v) is 4.83. The van der Waals surface area contributed by atoms with Crippen LogP contribution in [0.1, 0.15) is 6.92 Å². The highest BCUT2D eigenvalue weighted by Gasteiger charge is 2.32. The molecule has 2 heterocycles. The van der Waals surface area contributed by atoms with E-state index in [1.165, 1.54) is 6.33 Å². The molecule has 7 nitrogen and oxygen atoms in total. The minimum atomic E-state index is -0.473.